The highest BCUT2D eigenvalue weighted by molar-refractivity contribution is 6.31. The highest BCUT2D eigenvalue weighted by atomic mass is 16.4. The third-order valence-electron chi connectivity index (χ3n) is 1.46. The second-order valence-electron chi connectivity index (χ2n) is 2.59. The summed E-state index contributed by atoms with van der Waals surface area (Å²) in [7, 11) is 0. The number of aliphatic carboxylic acids is 2. The summed E-state index contributed by atoms with van der Waals surface area (Å²) in [6.45, 7) is -0.494. The van der Waals surface area contributed by atoms with Crippen LogP contribution in [0.1, 0.15) is 12.8 Å². The molecule has 0 aliphatic carbocycles. The predicted octanol–water partition coefficient (Wildman–Crippen LogP) is -1.59. The first-order chi connectivity index (χ1) is 6.47. The highest BCUT2D eigenvalue weighted by Crippen LogP contribution is 1.96. The van der Waals surface area contributed by atoms with Gasteiger partial charge in [0.1, 0.15) is 0 Å². The summed E-state index contributed by atoms with van der Waals surface area (Å²) < 4.78 is 0. The Labute approximate surface area is 79.3 Å². The molecular formula is C7H11NO6. The minimum atomic E-state index is -1.67. The SMILES string of the molecule is O=C(O)CC[C@@H](CO)NC(=O)C(=O)O. The normalized spacial score (nSPS) is 11.8. The van der Waals surface area contributed by atoms with Crippen molar-refractivity contribution < 1.29 is 29.7 Å². The molecule has 0 aromatic heterocycles. The van der Waals surface area contributed by atoms with Gasteiger partial charge in [0, 0.05) is 6.42 Å². The predicted molar refractivity (Wildman–Crippen MR) is 43.5 cm³/mol. The number of carboxylic acids is 2. The van der Waals surface area contributed by atoms with Crippen LogP contribution in [-0.4, -0.2) is 45.8 Å². The van der Waals surface area contributed by atoms with Crippen LogP contribution in [0.25, 0.3) is 0 Å². The lowest BCUT2D eigenvalue weighted by Crippen LogP contribution is -2.41. The molecule has 0 spiro atoms. The third kappa shape index (κ3) is 5.09. The average molecular weight is 205 g/mol. The molecule has 0 aromatic rings. The molecule has 4 N–H and O–H groups in total. The number of hydrogen-bond acceptors (Lipinski definition) is 4. The minimum absolute atomic E-state index is 0.00907. The molecule has 0 unspecified atom stereocenters. The van der Waals surface area contributed by atoms with Gasteiger partial charge in [-0.3, -0.25) is 9.59 Å². The molecule has 80 valence electrons. The van der Waals surface area contributed by atoms with Crippen LogP contribution in [-0.2, 0) is 14.4 Å². The largest absolute Gasteiger partial charge is 0.481 e. The smallest absolute Gasteiger partial charge is 0.394 e. The van der Waals surface area contributed by atoms with Gasteiger partial charge in [0.05, 0.1) is 12.6 Å². The van der Waals surface area contributed by atoms with Gasteiger partial charge in [-0.2, -0.15) is 0 Å². The average Bonchev–Trinajstić information content (AvgIpc) is 2.11. The summed E-state index contributed by atoms with van der Waals surface area (Å²) in [4.78, 5) is 30.8. The van der Waals surface area contributed by atoms with Crippen molar-refractivity contribution in [1.82, 2.24) is 5.32 Å². The fraction of sp³-hybridized carbons (Fsp3) is 0.571. The number of hydrogen-bond donors (Lipinski definition) is 4. The molecule has 0 fully saturated rings. The van der Waals surface area contributed by atoms with Crippen LogP contribution in [0.15, 0.2) is 0 Å². The molecule has 0 aliphatic rings. The van der Waals surface area contributed by atoms with E-state index < -0.39 is 30.5 Å². The van der Waals surface area contributed by atoms with E-state index in [1.165, 1.54) is 0 Å². The van der Waals surface area contributed by atoms with E-state index in [2.05, 4.69) is 0 Å². The van der Waals surface area contributed by atoms with Gasteiger partial charge < -0.3 is 20.6 Å². The Hall–Kier alpha value is -1.63. The summed E-state index contributed by atoms with van der Waals surface area (Å²) in [5, 5.41) is 27.1. The molecule has 0 saturated heterocycles. The molecule has 0 bridgehead atoms. The quantitative estimate of drug-likeness (QED) is 0.401. The lowest BCUT2D eigenvalue weighted by molar-refractivity contribution is -0.150. The second-order valence-corrected chi connectivity index (χ2v) is 2.59. The molecule has 0 saturated carbocycles. The number of nitrogens with one attached hydrogen (secondary N) is 1. The second kappa shape index (κ2) is 5.92. The van der Waals surface area contributed by atoms with Gasteiger partial charge in [-0.1, -0.05) is 0 Å². The van der Waals surface area contributed by atoms with E-state index in [4.69, 9.17) is 15.3 Å². The lowest BCUT2D eigenvalue weighted by atomic mass is 10.1. The van der Waals surface area contributed by atoms with Gasteiger partial charge in [-0.15, -0.1) is 0 Å². The van der Waals surface area contributed by atoms with Crippen LogP contribution in [0, 0.1) is 0 Å². The van der Waals surface area contributed by atoms with Crippen molar-refractivity contribution in [3.8, 4) is 0 Å². The number of rotatable bonds is 5. The Morgan fingerprint density at radius 3 is 2.14 bits per heavy atom. The van der Waals surface area contributed by atoms with Crippen molar-refractivity contribution in [2.45, 2.75) is 18.9 Å². The monoisotopic (exact) mass is 205 g/mol. The number of carboxylic acid groups (broad SMARTS) is 2. The zero-order valence-electron chi connectivity index (χ0n) is 7.27. The summed E-state index contributed by atoms with van der Waals surface area (Å²) in [5.74, 6) is -4.00. The van der Waals surface area contributed by atoms with Crippen molar-refractivity contribution in [2.75, 3.05) is 6.61 Å². The molecular weight excluding hydrogens is 194 g/mol. The number of amides is 1. The summed E-state index contributed by atoms with van der Waals surface area (Å²) in [6, 6.07) is -0.838. The maximum atomic E-state index is 10.6. The summed E-state index contributed by atoms with van der Waals surface area (Å²) >= 11 is 0. The van der Waals surface area contributed by atoms with Gasteiger partial charge in [-0.25, -0.2) is 4.79 Å². The van der Waals surface area contributed by atoms with Crippen molar-refractivity contribution in [1.29, 1.82) is 0 Å². The van der Waals surface area contributed by atoms with Gasteiger partial charge in [0.15, 0.2) is 0 Å². The first-order valence-corrected chi connectivity index (χ1v) is 3.83. The van der Waals surface area contributed by atoms with E-state index >= 15 is 0 Å². The van der Waals surface area contributed by atoms with E-state index in [0.29, 0.717) is 0 Å². The summed E-state index contributed by atoms with van der Waals surface area (Å²) in [5.41, 5.74) is 0. The summed E-state index contributed by atoms with van der Waals surface area (Å²) in [6.07, 6.45) is -0.254. The third-order valence-corrected chi connectivity index (χ3v) is 1.46. The van der Waals surface area contributed by atoms with E-state index in [1.807, 2.05) is 5.32 Å². The van der Waals surface area contributed by atoms with Crippen LogP contribution in [0.3, 0.4) is 0 Å². The molecule has 1 atom stereocenters. The van der Waals surface area contributed by atoms with E-state index in [-0.39, 0.29) is 12.8 Å². The van der Waals surface area contributed by atoms with Gasteiger partial charge in [0.25, 0.3) is 0 Å². The Morgan fingerprint density at radius 2 is 1.79 bits per heavy atom. The molecule has 0 rings (SSSR count). The van der Waals surface area contributed by atoms with Gasteiger partial charge >= 0.3 is 17.8 Å². The first kappa shape index (κ1) is 12.4. The zero-order chi connectivity index (χ0) is 11.1. The Morgan fingerprint density at radius 1 is 1.21 bits per heavy atom. The Kier molecular flexibility index (Phi) is 5.23. The van der Waals surface area contributed by atoms with Crippen LogP contribution in [0.5, 0.6) is 0 Å². The fourth-order valence-electron chi connectivity index (χ4n) is 0.754. The molecule has 0 radical (unpaired) electrons. The molecule has 14 heavy (non-hydrogen) atoms. The van der Waals surface area contributed by atoms with Crippen LogP contribution < -0.4 is 5.32 Å². The molecule has 0 heterocycles. The van der Waals surface area contributed by atoms with Gasteiger partial charge in [-0.05, 0) is 6.42 Å². The van der Waals surface area contributed by atoms with E-state index in [9.17, 15) is 14.4 Å². The van der Waals surface area contributed by atoms with Crippen molar-refractivity contribution in [3.05, 3.63) is 0 Å². The number of aliphatic hydroxyl groups excluding tert-OH is 1. The maximum absolute atomic E-state index is 10.6. The van der Waals surface area contributed by atoms with Crippen LogP contribution in [0.4, 0.5) is 0 Å². The minimum Gasteiger partial charge on any atom is -0.481 e. The number of carbonyl (C=O) groups is 3. The molecule has 7 heteroatoms. The Balaban J connectivity index is 3.96. The van der Waals surface area contributed by atoms with Crippen LogP contribution in [0.2, 0.25) is 0 Å². The maximum Gasteiger partial charge on any atom is 0.394 e. The highest BCUT2D eigenvalue weighted by Gasteiger charge is 2.17. The molecule has 7 nitrogen and oxygen atoms in total. The molecule has 0 aliphatic heterocycles. The first-order valence-electron chi connectivity index (χ1n) is 3.83. The standard InChI is InChI=1S/C7H11NO6/c9-3-4(1-2-5(10)11)8-6(12)7(13)14/h4,9H,1-3H2,(H,8,12)(H,10,11)(H,13,14)/t4-/m0/s1. The van der Waals surface area contributed by atoms with Crippen molar-refractivity contribution in [3.63, 3.8) is 0 Å². The topological polar surface area (TPSA) is 124 Å². The van der Waals surface area contributed by atoms with Crippen molar-refractivity contribution >= 4 is 17.8 Å². The van der Waals surface area contributed by atoms with Gasteiger partial charge in [0.2, 0.25) is 0 Å². The van der Waals surface area contributed by atoms with E-state index in [0.717, 1.165) is 0 Å². The molecule has 0 aromatic carbocycles. The molecule has 1 amide bonds. The van der Waals surface area contributed by atoms with Crippen molar-refractivity contribution in [2.24, 2.45) is 0 Å². The Bertz CT molecular complexity index is 238. The number of carbonyl (C=O) groups excluding carboxylic acids is 1. The zero-order valence-corrected chi connectivity index (χ0v) is 7.27. The lowest BCUT2D eigenvalue weighted by Gasteiger charge is -2.12. The van der Waals surface area contributed by atoms with E-state index in [1.54, 1.807) is 0 Å². The number of aliphatic hydroxyl groups is 1. The van der Waals surface area contributed by atoms with Crippen LogP contribution >= 0.6 is 0 Å². The fourth-order valence-corrected chi connectivity index (χ4v) is 0.754.